The summed E-state index contributed by atoms with van der Waals surface area (Å²) in [5.41, 5.74) is 3.87. The first-order valence-electron chi connectivity index (χ1n) is 10.6. The lowest BCUT2D eigenvalue weighted by molar-refractivity contribution is -0.133. The second-order valence-electron chi connectivity index (χ2n) is 8.19. The third-order valence-electron chi connectivity index (χ3n) is 5.76. The fourth-order valence-electron chi connectivity index (χ4n) is 3.79. The number of aryl methyl sites for hydroxylation is 1. The maximum Gasteiger partial charge on any atom is 0.254 e. The van der Waals surface area contributed by atoms with Crippen molar-refractivity contribution in [2.45, 2.75) is 51.2 Å². The smallest absolute Gasteiger partial charge is 0.254 e. The molecule has 2 heterocycles. The molecule has 30 heavy (non-hydrogen) atoms. The van der Waals surface area contributed by atoms with E-state index in [1.165, 1.54) is 22.9 Å². The molecule has 0 bridgehead atoms. The van der Waals surface area contributed by atoms with Crippen molar-refractivity contribution in [1.29, 1.82) is 0 Å². The number of amides is 1. The van der Waals surface area contributed by atoms with E-state index in [1.807, 2.05) is 18.1 Å². The molecule has 1 aliphatic heterocycles. The van der Waals surface area contributed by atoms with Crippen LogP contribution >= 0.6 is 11.8 Å². The summed E-state index contributed by atoms with van der Waals surface area (Å²) in [5, 5.41) is 0.613. The predicted octanol–water partition coefficient (Wildman–Crippen LogP) is 3.20. The largest absolute Gasteiger partial charge is 0.340 e. The number of hydrogen-bond donors (Lipinski definition) is 1. The highest BCUT2D eigenvalue weighted by atomic mass is 32.2. The van der Waals surface area contributed by atoms with Gasteiger partial charge in [-0.3, -0.25) is 14.5 Å². The van der Waals surface area contributed by atoms with Crippen LogP contribution in [0.4, 0.5) is 0 Å². The standard InChI is InChI=1S/C23H32N4O2S/c1-16(2)19-7-5-18(6-8-19)15-26-11-13-27(14-12-26)21(28)10-9-20-17(3)24-23(30-4)25-22(20)29/h5-8,16H,9-15H2,1-4H3,(H,24,25,29). The zero-order valence-corrected chi connectivity index (χ0v) is 19.2. The number of aromatic amines is 1. The molecule has 1 aromatic carbocycles. The SMILES string of the molecule is CSc1nc(C)c(CCC(=O)N2CCN(Cc3ccc(C(C)C)cc3)CC2)c(=O)[nH]1. The van der Waals surface area contributed by atoms with Crippen LogP contribution < -0.4 is 5.56 Å². The van der Waals surface area contributed by atoms with Gasteiger partial charge in [-0.2, -0.15) is 0 Å². The minimum absolute atomic E-state index is 0.115. The van der Waals surface area contributed by atoms with Crippen molar-refractivity contribution in [2.75, 3.05) is 32.4 Å². The molecule has 7 heteroatoms. The van der Waals surface area contributed by atoms with E-state index in [0.29, 0.717) is 35.2 Å². The van der Waals surface area contributed by atoms with Crippen LogP contribution in [0.25, 0.3) is 0 Å². The summed E-state index contributed by atoms with van der Waals surface area (Å²) in [4.78, 5) is 36.4. The van der Waals surface area contributed by atoms with Crippen LogP contribution in [0.2, 0.25) is 0 Å². The molecular formula is C23H32N4O2S. The van der Waals surface area contributed by atoms with Crippen molar-refractivity contribution < 1.29 is 4.79 Å². The van der Waals surface area contributed by atoms with Gasteiger partial charge < -0.3 is 9.88 Å². The molecule has 2 aromatic rings. The lowest BCUT2D eigenvalue weighted by Crippen LogP contribution is -2.48. The molecule has 0 atom stereocenters. The second kappa shape index (κ2) is 10.3. The number of benzene rings is 1. The molecule has 6 nitrogen and oxygen atoms in total. The van der Waals surface area contributed by atoms with E-state index in [9.17, 15) is 9.59 Å². The average molecular weight is 429 g/mol. The molecule has 1 saturated heterocycles. The van der Waals surface area contributed by atoms with Gasteiger partial charge in [0.05, 0.1) is 0 Å². The molecule has 162 valence electrons. The zero-order chi connectivity index (χ0) is 21.7. The monoisotopic (exact) mass is 428 g/mol. The van der Waals surface area contributed by atoms with Crippen LogP contribution in [0.3, 0.4) is 0 Å². The Morgan fingerprint density at radius 3 is 2.40 bits per heavy atom. The van der Waals surface area contributed by atoms with Gasteiger partial charge in [0.15, 0.2) is 5.16 Å². The van der Waals surface area contributed by atoms with Crippen molar-refractivity contribution in [2.24, 2.45) is 0 Å². The Morgan fingerprint density at radius 2 is 1.83 bits per heavy atom. The molecule has 0 saturated carbocycles. The number of aromatic nitrogens is 2. The number of carbonyl (C=O) groups is 1. The molecule has 1 aromatic heterocycles. The summed E-state index contributed by atoms with van der Waals surface area (Å²) in [6, 6.07) is 8.85. The van der Waals surface area contributed by atoms with Gasteiger partial charge in [-0.1, -0.05) is 49.9 Å². The van der Waals surface area contributed by atoms with E-state index < -0.39 is 0 Å². The normalized spacial score (nSPS) is 15.0. The number of nitrogens with one attached hydrogen (secondary N) is 1. The van der Waals surface area contributed by atoms with Gasteiger partial charge in [0.2, 0.25) is 5.91 Å². The molecular weight excluding hydrogens is 396 g/mol. The van der Waals surface area contributed by atoms with Crippen LogP contribution in [0.1, 0.15) is 48.6 Å². The summed E-state index contributed by atoms with van der Waals surface area (Å²) in [6.45, 7) is 10.4. The maximum absolute atomic E-state index is 12.7. The van der Waals surface area contributed by atoms with Gasteiger partial charge >= 0.3 is 0 Å². The van der Waals surface area contributed by atoms with Gasteiger partial charge in [0.25, 0.3) is 5.56 Å². The van der Waals surface area contributed by atoms with Crippen LogP contribution in [0, 0.1) is 6.92 Å². The van der Waals surface area contributed by atoms with Crippen LogP contribution in [-0.2, 0) is 17.8 Å². The summed E-state index contributed by atoms with van der Waals surface area (Å²) < 4.78 is 0. The highest BCUT2D eigenvalue weighted by Gasteiger charge is 2.21. The van der Waals surface area contributed by atoms with Crippen molar-refractivity contribution in [3.8, 4) is 0 Å². The molecule has 0 unspecified atom stereocenters. The average Bonchev–Trinajstić information content (AvgIpc) is 2.73. The van der Waals surface area contributed by atoms with Crippen molar-refractivity contribution in [3.05, 3.63) is 57.0 Å². The Balaban J connectivity index is 1.48. The van der Waals surface area contributed by atoms with Crippen molar-refractivity contribution in [3.63, 3.8) is 0 Å². The highest BCUT2D eigenvalue weighted by molar-refractivity contribution is 7.98. The molecule has 1 N–H and O–H groups in total. The lowest BCUT2D eigenvalue weighted by atomic mass is 10.0. The second-order valence-corrected chi connectivity index (χ2v) is 8.99. The molecule has 1 fully saturated rings. The van der Waals surface area contributed by atoms with Gasteiger partial charge in [-0.25, -0.2) is 4.98 Å². The third kappa shape index (κ3) is 5.73. The highest BCUT2D eigenvalue weighted by Crippen LogP contribution is 2.17. The van der Waals surface area contributed by atoms with E-state index in [4.69, 9.17) is 0 Å². The maximum atomic E-state index is 12.7. The van der Waals surface area contributed by atoms with Gasteiger partial charge in [-0.05, 0) is 36.6 Å². The van der Waals surface area contributed by atoms with Crippen molar-refractivity contribution >= 4 is 17.7 Å². The van der Waals surface area contributed by atoms with Gasteiger partial charge in [0.1, 0.15) is 0 Å². The Kier molecular flexibility index (Phi) is 7.72. The molecule has 0 radical (unpaired) electrons. The Labute approximate surface area is 183 Å². The number of carbonyl (C=O) groups excluding carboxylic acids is 1. The van der Waals surface area contributed by atoms with Crippen molar-refractivity contribution in [1.82, 2.24) is 19.8 Å². The van der Waals surface area contributed by atoms with Gasteiger partial charge in [0, 0.05) is 50.4 Å². The summed E-state index contributed by atoms with van der Waals surface area (Å²) >= 11 is 1.41. The molecule has 0 spiro atoms. The minimum atomic E-state index is -0.132. The lowest BCUT2D eigenvalue weighted by Gasteiger charge is -2.35. The minimum Gasteiger partial charge on any atom is -0.340 e. The van der Waals surface area contributed by atoms with E-state index in [-0.39, 0.29) is 11.5 Å². The first-order valence-corrected chi connectivity index (χ1v) is 11.8. The van der Waals surface area contributed by atoms with Gasteiger partial charge in [-0.15, -0.1) is 0 Å². The number of piperazine rings is 1. The molecule has 1 amide bonds. The Hall–Kier alpha value is -2.12. The van der Waals surface area contributed by atoms with E-state index >= 15 is 0 Å². The predicted molar refractivity (Wildman–Crippen MR) is 122 cm³/mol. The Morgan fingerprint density at radius 1 is 1.17 bits per heavy atom. The molecule has 0 aliphatic carbocycles. The first-order chi connectivity index (χ1) is 14.4. The summed E-state index contributed by atoms with van der Waals surface area (Å²) in [6.07, 6.45) is 2.66. The summed E-state index contributed by atoms with van der Waals surface area (Å²) in [7, 11) is 0. The number of rotatable bonds is 7. The van der Waals surface area contributed by atoms with Crippen LogP contribution in [0.15, 0.2) is 34.2 Å². The first kappa shape index (κ1) is 22.6. The number of thioether (sulfide) groups is 1. The fourth-order valence-corrected chi connectivity index (χ4v) is 4.21. The number of hydrogen-bond acceptors (Lipinski definition) is 5. The molecule has 1 aliphatic rings. The topological polar surface area (TPSA) is 69.3 Å². The number of nitrogens with zero attached hydrogens (tertiary/aromatic N) is 3. The zero-order valence-electron chi connectivity index (χ0n) is 18.4. The molecule has 3 rings (SSSR count). The quantitative estimate of drug-likeness (QED) is 0.542. The fraction of sp³-hybridized carbons (Fsp3) is 0.522. The third-order valence-corrected chi connectivity index (χ3v) is 6.34. The Bertz CT molecular complexity index is 916. The van der Waals surface area contributed by atoms with E-state index in [0.717, 1.165) is 32.7 Å². The number of H-pyrrole nitrogens is 1. The van der Waals surface area contributed by atoms with Crippen LogP contribution in [-0.4, -0.2) is 58.1 Å². The van der Waals surface area contributed by atoms with E-state index in [1.54, 1.807) is 0 Å². The van der Waals surface area contributed by atoms with Crippen LogP contribution in [0.5, 0.6) is 0 Å². The summed E-state index contributed by atoms with van der Waals surface area (Å²) in [5.74, 6) is 0.663. The van der Waals surface area contributed by atoms with E-state index in [2.05, 4.69) is 53.0 Å².